The summed E-state index contributed by atoms with van der Waals surface area (Å²) < 4.78 is 5.24. The maximum absolute atomic E-state index is 9.10. The van der Waals surface area contributed by atoms with Crippen molar-refractivity contribution in [3.05, 3.63) is 0 Å². The summed E-state index contributed by atoms with van der Waals surface area (Å²) in [7, 11) is 0. The van der Waals surface area contributed by atoms with Crippen molar-refractivity contribution in [1.82, 2.24) is 15.0 Å². The van der Waals surface area contributed by atoms with Crippen LogP contribution in [0, 0.1) is 0 Å². The van der Waals surface area contributed by atoms with Crippen molar-refractivity contribution in [2.24, 2.45) is 0 Å². The first-order valence-corrected chi connectivity index (χ1v) is 5.18. The molecule has 0 spiro atoms. The first-order chi connectivity index (χ1) is 7.61. The number of aliphatic hydroxyl groups is 1. The smallest absolute Gasteiger partial charge is 0.323 e. The van der Waals surface area contributed by atoms with Crippen LogP contribution in [0.1, 0.15) is 20.3 Å². The summed E-state index contributed by atoms with van der Waals surface area (Å²) in [5.74, 6) is 0.397. The van der Waals surface area contributed by atoms with E-state index in [-0.39, 0.29) is 12.0 Å². The average Bonchev–Trinajstić information content (AvgIpc) is 2.23. The number of nitrogens with two attached hydrogens (primary N) is 1. The van der Waals surface area contributed by atoms with Crippen LogP contribution in [0.5, 0.6) is 6.01 Å². The molecule has 1 aromatic rings. The van der Waals surface area contributed by atoms with Crippen molar-refractivity contribution < 1.29 is 9.84 Å². The topological polar surface area (TPSA) is 106 Å². The third-order valence-corrected chi connectivity index (χ3v) is 1.62. The Kier molecular flexibility index (Phi) is 4.71. The number of nitrogen functional groups attached to an aromatic ring is 1. The Hall–Kier alpha value is -1.63. The highest BCUT2D eigenvalue weighted by molar-refractivity contribution is 5.32. The number of ether oxygens (including phenoxy) is 1. The zero-order valence-corrected chi connectivity index (χ0v) is 9.47. The lowest BCUT2D eigenvalue weighted by Crippen LogP contribution is -2.18. The SMILES string of the molecule is CCCOc1nc(N)nc(NCC(C)O)n1. The van der Waals surface area contributed by atoms with E-state index >= 15 is 0 Å². The Morgan fingerprint density at radius 2 is 2.19 bits per heavy atom. The highest BCUT2D eigenvalue weighted by atomic mass is 16.5. The summed E-state index contributed by atoms with van der Waals surface area (Å²) in [6.07, 6.45) is 0.375. The molecule has 0 saturated carbocycles. The van der Waals surface area contributed by atoms with Crippen LogP contribution in [0.15, 0.2) is 0 Å². The molecule has 0 bridgehead atoms. The Morgan fingerprint density at radius 3 is 2.81 bits per heavy atom. The molecule has 1 unspecified atom stereocenters. The lowest BCUT2D eigenvalue weighted by Gasteiger charge is -2.08. The van der Waals surface area contributed by atoms with Gasteiger partial charge in [-0.25, -0.2) is 0 Å². The fraction of sp³-hybridized carbons (Fsp3) is 0.667. The molecule has 1 heterocycles. The predicted molar refractivity (Wildman–Crippen MR) is 60.2 cm³/mol. The second-order valence-electron chi connectivity index (χ2n) is 3.38. The monoisotopic (exact) mass is 227 g/mol. The van der Waals surface area contributed by atoms with Crippen molar-refractivity contribution in [3.63, 3.8) is 0 Å². The predicted octanol–water partition coefficient (Wildman–Crippen LogP) is 0.0353. The molecule has 0 fully saturated rings. The van der Waals surface area contributed by atoms with Gasteiger partial charge in [0.1, 0.15) is 0 Å². The summed E-state index contributed by atoms with van der Waals surface area (Å²) >= 11 is 0. The summed E-state index contributed by atoms with van der Waals surface area (Å²) in [6, 6.07) is 0.197. The van der Waals surface area contributed by atoms with Crippen LogP contribution in [-0.4, -0.2) is 39.3 Å². The van der Waals surface area contributed by atoms with Crippen molar-refractivity contribution in [2.45, 2.75) is 26.4 Å². The lowest BCUT2D eigenvalue weighted by atomic mass is 10.4. The molecule has 0 aliphatic heterocycles. The summed E-state index contributed by atoms with van der Waals surface area (Å²) in [4.78, 5) is 11.7. The summed E-state index contributed by atoms with van der Waals surface area (Å²) in [5, 5.41) is 11.9. The standard InChI is InChI=1S/C9H17N5O2/c1-3-4-16-9-13-7(10)12-8(14-9)11-5-6(2)15/h6,15H,3-5H2,1-2H3,(H3,10,11,12,13,14). The van der Waals surface area contributed by atoms with Gasteiger partial charge < -0.3 is 20.9 Å². The second-order valence-corrected chi connectivity index (χ2v) is 3.38. The molecule has 0 aromatic carbocycles. The maximum Gasteiger partial charge on any atom is 0.323 e. The molecule has 1 aromatic heterocycles. The molecular formula is C9H17N5O2. The summed E-state index contributed by atoms with van der Waals surface area (Å²) in [5.41, 5.74) is 5.49. The van der Waals surface area contributed by atoms with E-state index in [1.807, 2.05) is 6.92 Å². The van der Waals surface area contributed by atoms with Crippen molar-refractivity contribution >= 4 is 11.9 Å². The highest BCUT2D eigenvalue weighted by Gasteiger charge is 2.05. The van der Waals surface area contributed by atoms with Gasteiger partial charge in [0.25, 0.3) is 0 Å². The van der Waals surface area contributed by atoms with E-state index < -0.39 is 6.10 Å². The minimum atomic E-state index is -0.488. The quantitative estimate of drug-likeness (QED) is 0.629. The van der Waals surface area contributed by atoms with Crippen LogP contribution in [0.3, 0.4) is 0 Å². The normalized spacial score (nSPS) is 12.2. The molecule has 90 valence electrons. The van der Waals surface area contributed by atoms with Crippen molar-refractivity contribution in [3.8, 4) is 6.01 Å². The molecule has 0 amide bonds. The Balaban J connectivity index is 2.65. The molecule has 16 heavy (non-hydrogen) atoms. The Morgan fingerprint density at radius 1 is 1.44 bits per heavy atom. The average molecular weight is 227 g/mol. The van der Waals surface area contributed by atoms with Crippen LogP contribution in [-0.2, 0) is 0 Å². The van der Waals surface area contributed by atoms with E-state index in [1.54, 1.807) is 6.92 Å². The molecule has 7 nitrogen and oxygen atoms in total. The van der Waals surface area contributed by atoms with Crippen LogP contribution >= 0.6 is 0 Å². The highest BCUT2D eigenvalue weighted by Crippen LogP contribution is 2.08. The Labute approximate surface area is 94.1 Å². The van der Waals surface area contributed by atoms with Gasteiger partial charge >= 0.3 is 6.01 Å². The number of aliphatic hydroxyl groups excluding tert-OH is 1. The summed E-state index contributed by atoms with van der Waals surface area (Å²) in [6.45, 7) is 4.51. The van der Waals surface area contributed by atoms with Gasteiger partial charge in [0, 0.05) is 6.54 Å². The fourth-order valence-electron chi connectivity index (χ4n) is 0.948. The minimum absolute atomic E-state index is 0.0918. The largest absolute Gasteiger partial charge is 0.463 e. The third kappa shape index (κ3) is 4.26. The molecule has 0 aliphatic carbocycles. The molecule has 4 N–H and O–H groups in total. The first-order valence-electron chi connectivity index (χ1n) is 5.18. The number of nitrogens with one attached hydrogen (secondary N) is 1. The zero-order valence-electron chi connectivity index (χ0n) is 9.47. The fourth-order valence-corrected chi connectivity index (χ4v) is 0.948. The molecule has 1 atom stereocenters. The second kappa shape index (κ2) is 6.06. The third-order valence-electron chi connectivity index (χ3n) is 1.62. The van der Waals surface area contributed by atoms with Crippen LogP contribution < -0.4 is 15.8 Å². The van der Waals surface area contributed by atoms with E-state index in [0.717, 1.165) is 6.42 Å². The molecule has 1 rings (SSSR count). The maximum atomic E-state index is 9.10. The number of nitrogens with zero attached hydrogens (tertiary/aromatic N) is 3. The number of anilines is 2. The van der Waals surface area contributed by atoms with Gasteiger partial charge in [-0.2, -0.15) is 15.0 Å². The first kappa shape index (κ1) is 12.4. The van der Waals surface area contributed by atoms with Crippen LogP contribution in [0.2, 0.25) is 0 Å². The molecule has 0 aliphatic rings. The lowest BCUT2D eigenvalue weighted by molar-refractivity contribution is 0.208. The van der Waals surface area contributed by atoms with Crippen molar-refractivity contribution in [1.29, 1.82) is 0 Å². The number of aromatic nitrogens is 3. The van der Waals surface area contributed by atoms with Gasteiger partial charge in [-0.05, 0) is 13.3 Å². The molecule has 7 heteroatoms. The van der Waals surface area contributed by atoms with E-state index in [0.29, 0.717) is 19.1 Å². The number of rotatable bonds is 6. The molecule has 0 saturated heterocycles. The van der Waals surface area contributed by atoms with E-state index in [9.17, 15) is 0 Å². The van der Waals surface area contributed by atoms with Crippen molar-refractivity contribution in [2.75, 3.05) is 24.2 Å². The van der Waals surface area contributed by atoms with Crippen LogP contribution in [0.4, 0.5) is 11.9 Å². The van der Waals surface area contributed by atoms with Gasteiger partial charge in [0.2, 0.25) is 11.9 Å². The Bertz CT molecular complexity index is 332. The number of hydrogen-bond donors (Lipinski definition) is 3. The molecular weight excluding hydrogens is 210 g/mol. The molecule has 0 radical (unpaired) electrons. The van der Waals surface area contributed by atoms with E-state index in [2.05, 4.69) is 20.3 Å². The minimum Gasteiger partial charge on any atom is -0.463 e. The van der Waals surface area contributed by atoms with Crippen LogP contribution in [0.25, 0.3) is 0 Å². The zero-order chi connectivity index (χ0) is 12.0. The van der Waals surface area contributed by atoms with Gasteiger partial charge in [0.15, 0.2) is 0 Å². The van der Waals surface area contributed by atoms with Gasteiger partial charge in [-0.15, -0.1) is 0 Å². The van der Waals surface area contributed by atoms with Gasteiger partial charge in [-0.3, -0.25) is 0 Å². The van der Waals surface area contributed by atoms with E-state index in [4.69, 9.17) is 15.6 Å². The van der Waals surface area contributed by atoms with Gasteiger partial charge in [-0.1, -0.05) is 6.92 Å². The van der Waals surface area contributed by atoms with Gasteiger partial charge in [0.05, 0.1) is 12.7 Å². The van der Waals surface area contributed by atoms with E-state index in [1.165, 1.54) is 0 Å². The number of hydrogen-bond acceptors (Lipinski definition) is 7.